The summed E-state index contributed by atoms with van der Waals surface area (Å²) in [6, 6.07) is 0. The molecule has 0 aliphatic rings. The molecule has 78 valence electrons. The Bertz CT molecular complexity index is 335. The van der Waals surface area contributed by atoms with Gasteiger partial charge in [-0.3, -0.25) is 4.57 Å². The second kappa shape index (κ2) is 5.51. The number of aryl methyl sites for hydroxylation is 1. The lowest BCUT2D eigenvalue weighted by molar-refractivity contribution is 0.132. The third-order valence-electron chi connectivity index (χ3n) is 1.72. The van der Waals surface area contributed by atoms with E-state index in [-0.39, 0.29) is 5.69 Å². The molecule has 0 radical (unpaired) electrons. The molecule has 2 N–H and O–H groups in total. The van der Waals surface area contributed by atoms with Crippen molar-refractivity contribution in [2.45, 2.75) is 13.5 Å². The van der Waals surface area contributed by atoms with E-state index in [0.717, 1.165) is 5.56 Å². The van der Waals surface area contributed by atoms with E-state index in [4.69, 9.17) is 10.5 Å². The van der Waals surface area contributed by atoms with Gasteiger partial charge in [-0.25, -0.2) is 9.78 Å². The molecule has 5 nitrogen and oxygen atoms in total. The van der Waals surface area contributed by atoms with Crippen LogP contribution in [-0.2, 0) is 11.3 Å². The minimum Gasteiger partial charge on any atom is -0.378 e. The topological polar surface area (TPSA) is 70.1 Å². The van der Waals surface area contributed by atoms with E-state index in [1.54, 1.807) is 12.4 Å². The van der Waals surface area contributed by atoms with Gasteiger partial charge in [-0.2, -0.15) is 0 Å². The average Bonchev–Trinajstić information content (AvgIpc) is 2.18. The molecule has 0 atom stereocenters. The predicted molar refractivity (Wildman–Crippen MR) is 53.1 cm³/mol. The SMILES string of the molecule is Cc1cnc(=O)n(CCOCCN)c1. The number of ether oxygens (including phenoxy) is 1. The molecule has 0 amide bonds. The zero-order valence-corrected chi connectivity index (χ0v) is 8.27. The standard InChI is InChI=1S/C9H15N3O2/c1-8-6-11-9(13)12(7-8)3-5-14-4-2-10/h6-7H,2-5,10H2,1H3. The number of hydrogen-bond donors (Lipinski definition) is 1. The monoisotopic (exact) mass is 197 g/mol. The highest BCUT2D eigenvalue weighted by molar-refractivity contribution is 4.99. The van der Waals surface area contributed by atoms with Crippen LogP contribution in [-0.4, -0.2) is 29.3 Å². The number of nitrogens with zero attached hydrogens (tertiary/aromatic N) is 2. The van der Waals surface area contributed by atoms with Crippen molar-refractivity contribution in [2.24, 2.45) is 5.73 Å². The van der Waals surface area contributed by atoms with Gasteiger partial charge in [0.1, 0.15) is 0 Å². The van der Waals surface area contributed by atoms with Gasteiger partial charge in [-0.15, -0.1) is 0 Å². The summed E-state index contributed by atoms with van der Waals surface area (Å²) in [6.45, 7) is 3.92. The van der Waals surface area contributed by atoms with Gasteiger partial charge in [0.2, 0.25) is 0 Å². The lowest BCUT2D eigenvalue weighted by atomic mass is 10.4. The third kappa shape index (κ3) is 3.27. The van der Waals surface area contributed by atoms with Gasteiger partial charge in [-0.05, 0) is 12.5 Å². The summed E-state index contributed by atoms with van der Waals surface area (Å²) in [6.07, 6.45) is 3.32. The second-order valence-electron chi connectivity index (χ2n) is 3.01. The number of hydrogen-bond acceptors (Lipinski definition) is 4. The fraction of sp³-hybridized carbons (Fsp3) is 0.556. The van der Waals surface area contributed by atoms with Crippen LogP contribution in [0.3, 0.4) is 0 Å². The van der Waals surface area contributed by atoms with Crippen LogP contribution in [0.2, 0.25) is 0 Å². The quantitative estimate of drug-likeness (QED) is 0.648. The lowest BCUT2D eigenvalue weighted by Gasteiger charge is -2.05. The average molecular weight is 197 g/mol. The van der Waals surface area contributed by atoms with Crippen molar-refractivity contribution >= 4 is 0 Å². The highest BCUT2D eigenvalue weighted by Gasteiger charge is 1.96. The van der Waals surface area contributed by atoms with Gasteiger partial charge in [0, 0.05) is 18.9 Å². The summed E-state index contributed by atoms with van der Waals surface area (Å²) in [5.41, 5.74) is 5.97. The Kier molecular flexibility index (Phi) is 4.28. The van der Waals surface area contributed by atoms with Crippen molar-refractivity contribution in [2.75, 3.05) is 19.8 Å². The van der Waals surface area contributed by atoms with Crippen molar-refractivity contribution in [3.8, 4) is 0 Å². The van der Waals surface area contributed by atoms with Crippen LogP contribution < -0.4 is 11.4 Å². The van der Waals surface area contributed by atoms with Gasteiger partial charge < -0.3 is 10.5 Å². The Morgan fingerprint density at radius 2 is 2.36 bits per heavy atom. The Hall–Kier alpha value is -1.20. The van der Waals surface area contributed by atoms with Crippen molar-refractivity contribution in [3.63, 3.8) is 0 Å². The summed E-state index contributed by atoms with van der Waals surface area (Å²) in [5.74, 6) is 0. The molecule has 0 spiro atoms. The molecule has 0 aliphatic heterocycles. The van der Waals surface area contributed by atoms with Crippen LogP contribution in [0, 0.1) is 6.92 Å². The third-order valence-corrected chi connectivity index (χ3v) is 1.72. The molecule has 5 heteroatoms. The largest absolute Gasteiger partial charge is 0.378 e. The van der Waals surface area contributed by atoms with Gasteiger partial charge in [0.15, 0.2) is 0 Å². The van der Waals surface area contributed by atoms with Crippen molar-refractivity contribution in [1.82, 2.24) is 9.55 Å². The Morgan fingerprint density at radius 1 is 1.57 bits per heavy atom. The smallest absolute Gasteiger partial charge is 0.347 e. The first-order valence-corrected chi connectivity index (χ1v) is 4.55. The summed E-state index contributed by atoms with van der Waals surface area (Å²) < 4.78 is 6.70. The van der Waals surface area contributed by atoms with Crippen LogP contribution in [0.1, 0.15) is 5.56 Å². The Labute approximate surface area is 82.5 Å². The van der Waals surface area contributed by atoms with E-state index in [0.29, 0.717) is 26.3 Å². The van der Waals surface area contributed by atoms with E-state index < -0.39 is 0 Å². The van der Waals surface area contributed by atoms with Crippen LogP contribution >= 0.6 is 0 Å². The number of aromatic nitrogens is 2. The van der Waals surface area contributed by atoms with Gasteiger partial charge in [0.25, 0.3) is 0 Å². The van der Waals surface area contributed by atoms with E-state index in [1.807, 2.05) is 6.92 Å². The maximum absolute atomic E-state index is 11.2. The second-order valence-corrected chi connectivity index (χ2v) is 3.01. The molecular weight excluding hydrogens is 182 g/mol. The normalized spacial score (nSPS) is 10.4. The summed E-state index contributed by atoms with van der Waals surface area (Å²) in [4.78, 5) is 14.9. The highest BCUT2D eigenvalue weighted by atomic mass is 16.5. The first kappa shape index (κ1) is 10.9. The van der Waals surface area contributed by atoms with E-state index in [2.05, 4.69) is 4.98 Å². The van der Waals surface area contributed by atoms with Gasteiger partial charge in [-0.1, -0.05) is 0 Å². The molecule has 1 aromatic heterocycles. The zero-order valence-electron chi connectivity index (χ0n) is 8.27. The molecule has 0 saturated carbocycles. The van der Waals surface area contributed by atoms with Crippen LogP contribution in [0.4, 0.5) is 0 Å². The van der Waals surface area contributed by atoms with E-state index in [9.17, 15) is 4.79 Å². The summed E-state index contributed by atoms with van der Waals surface area (Å²) in [5, 5.41) is 0. The van der Waals surface area contributed by atoms with Gasteiger partial charge in [0.05, 0.1) is 19.8 Å². The fourth-order valence-electron chi connectivity index (χ4n) is 1.07. The van der Waals surface area contributed by atoms with Crippen LogP contribution in [0.25, 0.3) is 0 Å². The molecule has 1 aromatic rings. The fourth-order valence-corrected chi connectivity index (χ4v) is 1.07. The first-order valence-electron chi connectivity index (χ1n) is 4.55. The molecule has 0 aromatic carbocycles. The van der Waals surface area contributed by atoms with E-state index >= 15 is 0 Å². The molecule has 0 unspecified atom stereocenters. The summed E-state index contributed by atoms with van der Waals surface area (Å²) >= 11 is 0. The summed E-state index contributed by atoms with van der Waals surface area (Å²) in [7, 11) is 0. The Balaban J connectivity index is 2.49. The molecule has 0 aliphatic carbocycles. The maximum atomic E-state index is 11.2. The predicted octanol–water partition coefficient (Wildman–Crippen LogP) is -0.473. The Morgan fingerprint density at radius 3 is 3.07 bits per heavy atom. The maximum Gasteiger partial charge on any atom is 0.347 e. The minimum absolute atomic E-state index is 0.244. The number of nitrogens with two attached hydrogens (primary N) is 1. The highest BCUT2D eigenvalue weighted by Crippen LogP contribution is 1.89. The van der Waals surface area contributed by atoms with Gasteiger partial charge >= 0.3 is 5.69 Å². The molecule has 0 fully saturated rings. The van der Waals surface area contributed by atoms with Crippen molar-refractivity contribution < 1.29 is 4.74 Å². The minimum atomic E-state index is -0.244. The molecule has 0 saturated heterocycles. The lowest BCUT2D eigenvalue weighted by Crippen LogP contribution is -2.25. The molecular formula is C9H15N3O2. The van der Waals surface area contributed by atoms with Crippen molar-refractivity contribution in [1.29, 1.82) is 0 Å². The molecule has 0 bridgehead atoms. The van der Waals surface area contributed by atoms with E-state index in [1.165, 1.54) is 4.57 Å². The first-order chi connectivity index (χ1) is 6.74. The molecule has 1 rings (SSSR count). The van der Waals surface area contributed by atoms with Crippen molar-refractivity contribution in [3.05, 3.63) is 28.4 Å². The van der Waals surface area contributed by atoms with Crippen LogP contribution in [0.5, 0.6) is 0 Å². The number of rotatable bonds is 5. The molecule has 14 heavy (non-hydrogen) atoms. The zero-order chi connectivity index (χ0) is 10.4. The van der Waals surface area contributed by atoms with Crippen LogP contribution in [0.15, 0.2) is 17.2 Å². The molecule has 1 heterocycles.